The second kappa shape index (κ2) is 8.19. The number of phenols is 2. The molecule has 0 aliphatic carbocycles. The van der Waals surface area contributed by atoms with Gasteiger partial charge in [-0.1, -0.05) is 0 Å². The Kier molecular flexibility index (Phi) is 6.91. The van der Waals surface area contributed by atoms with Crippen LogP contribution >= 0.6 is 0 Å². The Labute approximate surface area is 125 Å². The number of hydrogen-bond acceptors (Lipinski definition) is 6. The van der Waals surface area contributed by atoms with Crippen LogP contribution < -0.4 is 0 Å². The molecule has 0 amide bonds. The number of aromatic hydroxyl groups is 2. The summed E-state index contributed by atoms with van der Waals surface area (Å²) in [6, 6.07) is 3.08. The average molecular weight is 298 g/mol. The van der Waals surface area contributed by atoms with Gasteiger partial charge in [0.1, 0.15) is 11.5 Å². The minimum absolute atomic E-state index is 0.0260. The third-order valence-electron chi connectivity index (χ3n) is 3.64. The fourth-order valence-electron chi connectivity index (χ4n) is 2.02. The first kappa shape index (κ1) is 17.7. The number of likely N-dealkylation sites (N-methyl/N-ethyl adjacent to an activating group) is 2. The van der Waals surface area contributed by atoms with Gasteiger partial charge in [-0.3, -0.25) is 9.80 Å². The van der Waals surface area contributed by atoms with E-state index < -0.39 is 0 Å². The SMILES string of the molecule is CC(CO)N(C)Cc1cc(O)c(CN(C)CCO)cc1O. The highest BCUT2D eigenvalue weighted by Crippen LogP contribution is 2.29. The number of hydrogen-bond donors (Lipinski definition) is 4. The van der Waals surface area contributed by atoms with Gasteiger partial charge in [0.15, 0.2) is 0 Å². The Bertz CT molecular complexity index is 454. The molecule has 1 aromatic rings. The van der Waals surface area contributed by atoms with E-state index >= 15 is 0 Å². The fourth-order valence-corrected chi connectivity index (χ4v) is 2.02. The molecule has 120 valence electrons. The molecule has 0 radical (unpaired) electrons. The predicted octanol–water partition coefficient (Wildman–Crippen LogP) is 0.334. The van der Waals surface area contributed by atoms with E-state index in [0.717, 1.165) is 0 Å². The number of aliphatic hydroxyl groups is 2. The van der Waals surface area contributed by atoms with E-state index in [-0.39, 0.29) is 30.8 Å². The van der Waals surface area contributed by atoms with E-state index in [0.29, 0.717) is 30.8 Å². The highest BCUT2D eigenvalue weighted by Gasteiger charge is 2.14. The first-order valence-corrected chi connectivity index (χ1v) is 7.03. The third-order valence-corrected chi connectivity index (χ3v) is 3.64. The zero-order valence-electron chi connectivity index (χ0n) is 13.0. The van der Waals surface area contributed by atoms with Gasteiger partial charge in [-0.25, -0.2) is 0 Å². The van der Waals surface area contributed by atoms with Crippen molar-refractivity contribution in [1.82, 2.24) is 9.80 Å². The van der Waals surface area contributed by atoms with E-state index in [9.17, 15) is 10.2 Å². The van der Waals surface area contributed by atoms with E-state index in [2.05, 4.69) is 0 Å². The van der Waals surface area contributed by atoms with Crippen molar-refractivity contribution in [3.63, 3.8) is 0 Å². The molecule has 0 spiro atoms. The summed E-state index contributed by atoms with van der Waals surface area (Å²) in [4.78, 5) is 3.75. The van der Waals surface area contributed by atoms with Gasteiger partial charge in [-0.05, 0) is 33.2 Å². The van der Waals surface area contributed by atoms with Gasteiger partial charge in [0.25, 0.3) is 0 Å². The molecule has 6 heteroatoms. The van der Waals surface area contributed by atoms with E-state index in [1.165, 1.54) is 0 Å². The maximum Gasteiger partial charge on any atom is 0.120 e. The van der Waals surface area contributed by atoms with Crippen LogP contribution in [-0.4, -0.2) is 70.1 Å². The normalized spacial score (nSPS) is 13.1. The van der Waals surface area contributed by atoms with Gasteiger partial charge < -0.3 is 20.4 Å². The van der Waals surface area contributed by atoms with Crippen molar-refractivity contribution in [3.8, 4) is 11.5 Å². The summed E-state index contributed by atoms with van der Waals surface area (Å²) >= 11 is 0. The summed E-state index contributed by atoms with van der Waals surface area (Å²) in [5, 5.41) is 38.2. The minimum atomic E-state index is -0.0260. The second-order valence-corrected chi connectivity index (χ2v) is 5.52. The summed E-state index contributed by atoms with van der Waals surface area (Å²) in [5.41, 5.74) is 1.23. The maximum absolute atomic E-state index is 10.1. The van der Waals surface area contributed by atoms with Crippen molar-refractivity contribution < 1.29 is 20.4 Å². The molecule has 21 heavy (non-hydrogen) atoms. The van der Waals surface area contributed by atoms with Crippen molar-refractivity contribution in [1.29, 1.82) is 0 Å². The van der Waals surface area contributed by atoms with Crippen LogP contribution in [0.5, 0.6) is 11.5 Å². The summed E-state index contributed by atoms with van der Waals surface area (Å²) < 4.78 is 0. The van der Waals surface area contributed by atoms with Gasteiger partial charge >= 0.3 is 0 Å². The fraction of sp³-hybridized carbons (Fsp3) is 0.600. The van der Waals surface area contributed by atoms with Crippen LogP contribution in [0.3, 0.4) is 0 Å². The summed E-state index contributed by atoms with van der Waals surface area (Å²) in [6.07, 6.45) is 0. The van der Waals surface area contributed by atoms with Crippen LogP contribution in [0.15, 0.2) is 12.1 Å². The molecule has 1 unspecified atom stereocenters. The Morgan fingerprint density at radius 3 is 2.00 bits per heavy atom. The van der Waals surface area contributed by atoms with Crippen molar-refractivity contribution in [3.05, 3.63) is 23.3 Å². The van der Waals surface area contributed by atoms with Crippen molar-refractivity contribution in [2.24, 2.45) is 0 Å². The molecule has 0 bridgehead atoms. The molecular weight excluding hydrogens is 272 g/mol. The standard InChI is InChI=1S/C15H26N2O4/c1-11(10-19)17(3)9-13-7-14(20)12(6-15(13)21)8-16(2)4-5-18/h6-7,11,18-21H,4-5,8-10H2,1-3H3. The molecule has 0 saturated carbocycles. The van der Waals surface area contributed by atoms with Crippen molar-refractivity contribution in [2.75, 3.05) is 33.9 Å². The van der Waals surface area contributed by atoms with Gasteiger partial charge in [0.2, 0.25) is 0 Å². The molecule has 1 aromatic carbocycles. The second-order valence-electron chi connectivity index (χ2n) is 5.52. The zero-order valence-corrected chi connectivity index (χ0v) is 13.0. The van der Waals surface area contributed by atoms with Crippen LogP contribution in [0, 0.1) is 0 Å². The number of phenolic OH excluding ortho intramolecular Hbond substituents is 2. The number of nitrogens with zero attached hydrogens (tertiary/aromatic N) is 2. The Balaban J connectivity index is 2.84. The van der Waals surface area contributed by atoms with Crippen LogP contribution in [-0.2, 0) is 13.1 Å². The molecule has 1 rings (SSSR count). The Hall–Kier alpha value is -1.34. The molecule has 0 aromatic heterocycles. The summed E-state index contributed by atoms with van der Waals surface area (Å²) in [6.45, 7) is 3.35. The largest absolute Gasteiger partial charge is 0.508 e. The van der Waals surface area contributed by atoms with Crippen LogP contribution in [0.2, 0.25) is 0 Å². The Morgan fingerprint density at radius 1 is 1.00 bits per heavy atom. The van der Waals surface area contributed by atoms with E-state index in [1.807, 2.05) is 30.8 Å². The molecule has 0 heterocycles. The first-order valence-electron chi connectivity index (χ1n) is 7.03. The molecule has 0 saturated heterocycles. The Morgan fingerprint density at radius 2 is 1.52 bits per heavy atom. The number of rotatable bonds is 8. The van der Waals surface area contributed by atoms with Gasteiger partial charge in [-0.15, -0.1) is 0 Å². The molecular formula is C15H26N2O4. The highest BCUT2D eigenvalue weighted by molar-refractivity contribution is 5.45. The molecule has 4 N–H and O–H groups in total. The highest BCUT2D eigenvalue weighted by atomic mass is 16.3. The first-order chi connectivity index (χ1) is 9.88. The quantitative estimate of drug-likeness (QED) is 0.518. The van der Waals surface area contributed by atoms with Crippen LogP contribution in [0.4, 0.5) is 0 Å². The monoisotopic (exact) mass is 298 g/mol. The molecule has 0 fully saturated rings. The van der Waals surface area contributed by atoms with Crippen LogP contribution in [0.25, 0.3) is 0 Å². The smallest absolute Gasteiger partial charge is 0.120 e. The average Bonchev–Trinajstić information content (AvgIpc) is 2.43. The lowest BCUT2D eigenvalue weighted by Crippen LogP contribution is -2.31. The summed E-state index contributed by atoms with van der Waals surface area (Å²) in [5.74, 6) is 0.245. The topological polar surface area (TPSA) is 87.4 Å². The molecule has 0 aliphatic rings. The van der Waals surface area contributed by atoms with Crippen molar-refractivity contribution >= 4 is 0 Å². The van der Waals surface area contributed by atoms with Crippen LogP contribution in [0.1, 0.15) is 18.1 Å². The molecule has 1 atom stereocenters. The lowest BCUT2D eigenvalue weighted by molar-refractivity contribution is 0.153. The lowest BCUT2D eigenvalue weighted by Gasteiger charge is -2.24. The predicted molar refractivity (Wildman–Crippen MR) is 81.2 cm³/mol. The molecule has 6 nitrogen and oxygen atoms in total. The maximum atomic E-state index is 10.1. The minimum Gasteiger partial charge on any atom is -0.508 e. The van der Waals surface area contributed by atoms with Gasteiger partial charge in [0.05, 0.1) is 13.2 Å². The lowest BCUT2D eigenvalue weighted by atomic mass is 10.1. The van der Waals surface area contributed by atoms with Crippen molar-refractivity contribution in [2.45, 2.75) is 26.1 Å². The van der Waals surface area contributed by atoms with Gasteiger partial charge in [0, 0.05) is 36.8 Å². The van der Waals surface area contributed by atoms with Gasteiger partial charge in [-0.2, -0.15) is 0 Å². The molecule has 0 aliphatic heterocycles. The number of benzene rings is 1. The van der Waals surface area contributed by atoms with E-state index in [4.69, 9.17) is 10.2 Å². The third kappa shape index (κ3) is 5.17. The number of aliphatic hydroxyl groups excluding tert-OH is 2. The summed E-state index contributed by atoms with van der Waals surface area (Å²) in [7, 11) is 3.68. The zero-order chi connectivity index (χ0) is 16.0. The van der Waals surface area contributed by atoms with E-state index in [1.54, 1.807) is 12.1 Å².